The summed E-state index contributed by atoms with van der Waals surface area (Å²) < 4.78 is 0. The van der Waals surface area contributed by atoms with E-state index in [1.165, 1.54) is 25.7 Å². The van der Waals surface area contributed by atoms with Crippen LogP contribution in [0.25, 0.3) is 0 Å². The number of aromatic nitrogens is 2. The number of hydrogen-bond donors (Lipinski definition) is 3. The highest BCUT2D eigenvalue weighted by atomic mass is 127. The Bertz CT molecular complexity index is 382. The molecule has 0 spiro atoms. The van der Waals surface area contributed by atoms with Gasteiger partial charge < -0.3 is 10.6 Å². The standard InChI is InChI=1S/C14H25N5.HI/c1-3-15-14(16-10-13-8-9-17-19-13)18-12-6-4-11(2)5-7-12;/h8-9,11-12H,3-7,10H2,1-2H3,(H,17,19)(H2,15,16,18);1H. The molecule has 1 aliphatic carbocycles. The van der Waals surface area contributed by atoms with Crippen molar-refractivity contribution in [2.24, 2.45) is 10.9 Å². The van der Waals surface area contributed by atoms with Crippen molar-refractivity contribution in [2.75, 3.05) is 6.54 Å². The molecule has 2 rings (SSSR count). The Labute approximate surface area is 138 Å². The molecule has 1 aromatic rings. The maximum atomic E-state index is 4.59. The summed E-state index contributed by atoms with van der Waals surface area (Å²) in [6.07, 6.45) is 6.88. The van der Waals surface area contributed by atoms with Gasteiger partial charge in [-0.2, -0.15) is 5.10 Å². The summed E-state index contributed by atoms with van der Waals surface area (Å²) >= 11 is 0. The molecule has 0 aromatic carbocycles. The predicted octanol–water partition coefficient (Wildman–Crippen LogP) is 2.66. The van der Waals surface area contributed by atoms with Gasteiger partial charge in [0, 0.05) is 18.8 Å². The van der Waals surface area contributed by atoms with E-state index in [1.54, 1.807) is 6.20 Å². The largest absolute Gasteiger partial charge is 0.357 e. The Kier molecular flexibility index (Phi) is 7.94. The molecule has 6 heteroatoms. The molecule has 0 atom stereocenters. The van der Waals surface area contributed by atoms with E-state index in [9.17, 15) is 0 Å². The number of nitrogens with zero attached hydrogens (tertiary/aromatic N) is 2. The SMILES string of the molecule is CCNC(=NCc1ccn[nH]1)NC1CCC(C)CC1.I. The van der Waals surface area contributed by atoms with E-state index in [4.69, 9.17) is 0 Å². The molecule has 1 fully saturated rings. The van der Waals surface area contributed by atoms with Gasteiger partial charge in [0.05, 0.1) is 12.2 Å². The van der Waals surface area contributed by atoms with E-state index >= 15 is 0 Å². The number of hydrogen-bond acceptors (Lipinski definition) is 2. The molecule has 20 heavy (non-hydrogen) atoms. The Hall–Kier alpha value is -0.790. The highest BCUT2D eigenvalue weighted by Crippen LogP contribution is 2.23. The van der Waals surface area contributed by atoms with Gasteiger partial charge in [0.15, 0.2) is 5.96 Å². The van der Waals surface area contributed by atoms with Crippen LogP contribution in [-0.4, -0.2) is 28.7 Å². The molecule has 0 unspecified atom stereocenters. The van der Waals surface area contributed by atoms with Crippen molar-refractivity contribution < 1.29 is 0 Å². The predicted molar refractivity (Wildman–Crippen MR) is 93.4 cm³/mol. The lowest BCUT2D eigenvalue weighted by Crippen LogP contribution is -2.44. The van der Waals surface area contributed by atoms with Crippen molar-refractivity contribution in [3.8, 4) is 0 Å². The summed E-state index contributed by atoms with van der Waals surface area (Å²) in [6, 6.07) is 2.52. The molecule has 1 aliphatic rings. The van der Waals surface area contributed by atoms with Crippen LogP contribution in [0.4, 0.5) is 0 Å². The number of aliphatic imine (C=N–C) groups is 1. The van der Waals surface area contributed by atoms with Crippen molar-refractivity contribution in [1.82, 2.24) is 20.8 Å². The lowest BCUT2D eigenvalue weighted by molar-refractivity contribution is 0.329. The van der Waals surface area contributed by atoms with Crippen molar-refractivity contribution in [3.05, 3.63) is 18.0 Å². The van der Waals surface area contributed by atoms with Gasteiger partial charge in [-0.25, -0.2) is 4.99 Å². The van der Waals surface area contributed by atoms with Gasteiger partial charge in [0.1, 0.15) is 0 Å². The van der Waals surface area contributed by atoms with E-state index < -0.39 is 0 Å². The number of H-pyrrole nitrogens is 1. The third kappa shape index (κ3) is 5.68. The summed E-state index contributed by atoms with van der Waals surface area (Å²) in [7, 11) is 0. The summed E-state index contributed by atoms with van der Waals surface area (Å²) in [5, 5.41) is 13.7. The van der Waals surface area contributed by atoms with Gasteiger partial charge in [-0.15, -0.1) is 24.0 Å². The van der Waals surface area contributed by atoms with Crippen molar-refractivity contribution >= 4 is 29.9 Å². The summed E-state index contributed by atoms with van der Waals surface area (Å²) in [6.45, 7) is 5.96. The lowest BCUT2D eigenvalue weighted by Gasteiger charge is -2.28. The van der Waals surface area contributed by atoms with Crippen molar-refractivity contribution in [3.63, 3.8) is 0 Å². The van der Waals surface area contributed by atoms with E-state index in [2.05, 4.69) is 39.7 Å². The summed E-state index contributed by atoms with van der Waals surface area (Å²) in [4.78, 5) is 4.59. The molecule has 0 aliphatic heterocycles. The second-order valence-corrected chi connectivity index (χ2v) is 5.38. The molecule has 1 aromatic heterocycles. The first kappa shape index (κ1) is 17.3. The summed E-state index contributed by atoms with van der Waals surface area (Å²) in [5.41, 5.74) is 1.04. The number of aromatic amines is 1. The average Bonchev–Trinajstić information content (AvgIpc) is 2.92. The molecule has 0 bridgehead atoms. The van der Waals surface area contributed by atoms with E-state index in [0.717, 1.165) is 24.1 Å². The molecule has 3 N–H and O–H groups in total. The first-order chi connectivity index (χ1) is 9.28. The molecule has 0 amide bonds. The Morgan fingerprint density at radius 2 is 2.15 bits per heavy atom. The minimum absolute atomic E-state index is 0. The van der Waals surface area contributed by atoms with Crippen LogP contribution in [0.5, 0.6) is 0 Å². The number of nitrogens with one attached hydrogen (secondary N) is 3. The van der Waals surface area contributed by atoms with Crippen molar-refractivity contribution in [1.29, 1.82) is 0 Å². The Balaban J connectivity index is 0.00000200. The number of guanidine groups is 1. The summed E-state index contributed by atoms with van der Waals surface area (Å²) in [5.74, 6) is 1.79. The molecule has 1 saturated carbocycles. The van der Waals surface area contributed by atoms with E-state index in [1.807, 2.05) is 6.07 Å². The fourth-order valence-corrected chi connectivity index (χ4v) is 2.45. The Morgan fingerprint density at radius 1 is 1.40 bits per heavy atom. The zero-order valence-corrected chi connectivity index (χ0v) is 14.7. The van der Waals surface area contributed by atoms with Crippen LogP contribution >= 0.6 is 24.0 Å². The van der Waals surface area contributed by atoms with E-state index in [0.29, 0.717) is 12.6 Å². The van der Waals surface area contributed by atoms with Crippen molar-refractivity contribution in [2.45, 2.75) is 52.1 Å². The Morgan fingerprint density at radius 3 is 2.75 bits per heavy atom. The van der Waals surface area contributed by atoms with Crippen LogP contribution in [0.3, 0.4) is 0 Å². The molecule has 0 radical (unpaired) electrons. The molecule has 0 saturated heterocycles. The van der Waals surface area contributed by atoms with E-state index in [-0.39, 0.29) is 24.0 Å². The number of rotatable bonds is 4. The third-order valence-electron chi connectivity index (χ3n) is 3.67. The fourth-order valence-electron chi connectivity index (χ4n) is 2.45. The lowest BCUT2D eigenvalue weighted by atomic mass is 9.87. The zero-order valence-electron chi connectivity index (χ0n) is 12.4. The third-order valence-corrected chi connectivity index (χ3v) is 3.67. The van der Waals surface area contributed by atoms with Gasteiger partial charge in [-0.3, -0.25) is 5.10 Å². The van der Waals surface area contributed by atoms with Gasteiger partial charge in [0.25, 0.3) is 0 Å². The van der Waals surface area contributed by atoms with Crippen LogP contribution in [0.1, 0.15) is 45.2 Å². The molecule has 1 heterocycles. The molecule has 5 nitrogen and oxygen atoms in total. The smallest absolute Gasteiger partial charge is 0.191 e. The minimum Gasteiger partial charge on any atom is -0.357 e. The first-order valence-corrected chi connectivity index (χ1v) is 7.31. The maximum absolute atomic E-state index is 4.59. The number of halogens is 1. The van der Waals surface area contributed by atoms with Crippen LogP contribution in [0.15, 0.2) is 17.3 Å². The fraction of sp³-hybridized carbons (Fsp3) is 0.714. The van der Waals surface area contributed by atoms with Gasteiger partial charge in [-0.1, -0.05) is 6.92 Å². The van der Waals surface area contributed by atoms with Crippen LogP contribution in [-0.2, 0) is 6.54 Å². The first-order valence-electron chi connectivity index (χ1n) is 7.31. The highest BCUT2D eigenvalue weighted by Gasteiger charge is 2.18. The second kappa shape index (κ2) is 9.20. The minimum atomic E-state index is 0. The van der Waals surface area contributed by atoms with Crippen LogP contribution < -0.4 is 10.6 Å². The monoisotopic (exact) mass is 391 g/mol. The van der Waals surface area contributed by atoms with Gasteiger partial charge >= 0.3 is 0 Å². The maximum Gasteiger partial charge on any atom is 0.191 e. The quantitative estimate of drug-likeness (QED) is 0.420. The topological polar surface area (TPSA) is 65.1 Å². The normalized spacial score (nSPS) is 23.0. The van der Waals surface area contributed by atoms with Gasteiger partial charge in [-0.05, 0) is 44.6 Å². The molecular weight excluding hydrogens is 365 g/mol. The molecule has 114 valence electrons. The average molecular weight is 391 g/mol. The van der Waals surface area contributed by atoms with Crippen LogP contribution in [0, 0.1) is 5.92 Å². The molecular formula is C14H26IN5. The highest BCUT2D eigenvalue weighted by molar-refractivity contribution is 14.0. The second-order valence-electron chi connectivity index (χ2n) is 5.38. The van der Waals surface area contributed by atoms with Gasteiger partial charge in [0.2, 0.25) is 0 Å². The van der Waals surface area contributed by atoms with Crippen LogP contribution in [0.2, 0.25) is 0 Å². The zero-order chi connectivity index (χ0) is 13.5.